The Bertz CT molecular complexity index is 1360. The molecule has 1 aliphatic rings. The summed E-state index contributed by atoms with van der Waals surface area (Å²) in [5, 5.41) is 3.44. The molecular formula is C30H24ClN3O2S. The Morgan fingerprint density at radius 1 is 0.838 bits per heavy atom. The maximum absolute atomic E-state index is 14.0. The van der Waals surface area contributed by atoms with Crippen LogP contribution in [0, 0.1) is 0 Å². The van der Waals surface area contributed by atoms with Crippen LogP contribution >= 0.6 is 23.4 Å². The lowest BCUT2D eigenvalue weighted by Gasteiger charge is -2.29. The molecule has 1 atom stereocenters. The molecule has 4 aromatic carbocycles. The topological polar surface area (TPSA) is 61.8 Å². The van der Waals surface area contributed by atoms with Crippen molar-refractivity contribution in [1.82, 2.24) is 4.90 Å². The number of nitrogens with one attached hydrogen (secondary N) is 1. The van der Waals surface area contributed by atoms with Crippen LogP contribution in [0.25, 0.3) is 0 Å². The quantitative estimate of drug-likeness (QED) is 0.280. The Morgan fingerprint density at radius 2 is 1.38 bits per heavy atom. The van der Waals surface area contributed by atoms with E-state index in [0.29, 0.717) is 21.6 Å². The average Bonchev–Trinajstić information content (AvgIpc) is 3.21. The number of hydrogen-bond acceptors (Lipinski definition) is 4. The predicted molar refractivity (Wildman–Crippen MR) is 151 cm³/mol. The summed E-state index contributed by atoms with van der Waals surface area (Å²) in [6.45, 7) is 0. The highest BCUT2D eigenvalue weighted by atomic mass is 35.5. The van der Waals surface area contributed by atoms with Gasteiger partial charge in [-0.3, -0.25) is 14.5 Å². The molecule has 0 saturated carbocycles. The molecule has 5 nitrogen and oxygen atoms in total. The highest BCUT2D eigenvalue weighted by Gasteiger charge is 2.43. The van der Waals surface area contributed by atoms with E-state index in [0.717, 1.165) is 11.1 Å². The number of halogens is 1. The number of carbonyl (C=O) groups is 2. The zero-order chi connectivity index (χ0) is 25.6. The largest absolute Gasteiger partial charge is 0.326 e. The number of thioether (sulfide) groups is 1. The number of nitrogens with zero attached hydrogens (tertiary/aromatic N) is 2. The maximum Gasteiger partial charge on any atom is 0.243 e. The molecule has 1 heterocycles. The summed E-state index contributed by atoms with van der Waals surface area (Å²) in [6.07, 6.45) is 0.0326. The van der Waals surface area contributed by atoms with Gasteiger partial charge in [-0.15, -0.1) is 0 Å². The zero-order valence-electron chi connectivity index (χ0n) is 19.8. The molecule has 0 aromatic heterocycles. The van der Waals surface area contributed by atoms with Gasteiger partial charge in [-0.1, -0.05) is 102 Å². The Labute approximate surface area is 225 Å². The van der Waals surface area contributed by atoms with Gasteiger partial charge in [-0.05, 0) is 47.5 Å². The Kier molecular flexibility index (Phi) is 7.68. The van der Waals surface area contributed by atoms with Crippen molar-refractivity contribution < 1.29 is 9.59 Å². The summed E-state index contributed by atoms with van der Waals surface area (Å²) in [4.78, 5) is 33.4. The molecule has 0 bridgehead atoms. The molecule has 0 radical (unpaired) electrons. The molecule has 0 spiro atoms. The minimum atomic E-state index is -0.607. The predicted octanol–water partition coefficient (Wildman–Crippen LogP) is 7.09. The van der Waals surface area contributed by atoms with Gasteiger partial charge >= 0.3 is 0 Å². The second-order valence-electron chi connectivity index (χ2n) is 8.53. The van der Waals surface area contributed by atoms with Crippen molar-refractivity contribution in [3.8, 4) is 0 Å². The first-order chi connectivity index (χ1) is 18.1. The summed E-state index contributed by atoms with van der Waals surface area (Å²) in [6, 6.07) is 35.8. The standard InChI is InChI=1S/C30H24ClN3O2S/c31-23-16-18-25(19-17-23)33-30-34(28(21-10-4-1-5-11-21)22-12-6-2-7-13-22)29(36)26(37-30)20-27(35)32-24-14-8-3-9-15-24/h1-19,26,28H,20H2,(H,32,35)/t26-/m0/s1. The van der Waals surface area contributed by atoms with Crippen molar-refractivity contribution in [2.24, 2.45) is 4.99 Å². The first kappa shape index (κ1) is 24.8. The van der Waals surface area contributed by atoms with Crippen LogP contribution in [0.1, 0.15) is 23.6 Å². The summed E-state index contributed by atoms with van der Waals surface area (Å²) in [5.74, 6) is -0.376. The molecule has 5 rings (SSSR count). The van der Waals surface area contributed by atoms with Crippen molar-refractivity contribution >= 4 is 51.7 Å². The highest BCUT2D eigenvalue weighted by molar-refractivity contribution is 8.15. The molecule has 1 aliphatic heterocycles. The van der Waals surface area contributed by atoms with Gasteiger partial charge in [-0.2, -0.15) is 0 Å². The number of carbonyl (C=O) groups excluding carboxylic acids is 2. The SMILES string of the molecule is O=C(C[C@@H]1SC(=Nc2ccc(Cl)cc2)N(C(c2ccccc2)c2ccccc2)C1=O)Nc1ccccc1. The van der Waals surface area contributed by atoms with Crippen molar-refractivity contribution in [3.63, 3.8) is 0 Å². The third-order valence-electron chi connectivity index (χ3n) is 5.94. The minimum absolute atomic E-state index is 0.0326. The monoisotopic (exact) mass is 525 g/mol. The molecule has 0 unspecified atom stereocenters. The summed E-state index contributed by atoms with van der Waals surface area (Å²) >= 11 is 7.39. The van der Waals surface area contributed by atoms with E-state index in [4.69, 9.17) is 16.6 Å². The molecule has 1 saturated heterocycles. The van der Waals surface area contributed by atoms with E-state index in [2.05, 4.69) is 5.32 Å². The molecule has 1 N–H and O–H groups in total. The van der Waals surface area contributed by atoms with Crippen LogP contribution in [0.3, 0.4) is 0 Å². The fraction of sp³-hybridized carbons (Fsp3) is 0.100. The number of aliphatic imine (C=N–C) groups is 1. The van der Waals surface area contributed by atoms with Gasteiger partial charge in [0.25, 0.3) is 0 Å². The van der Waals surface area contributed by atoms with Gasteiger partial charge in [0.2, 0.25) is 11.8 Å². The van der Waals surface area contributed by atoms with Crippen LogP contribution in [0.5, 0.6) is 0 Å². The molecule has 4 aromatic rings. The molecule has 7 heteroatoms. The number of benzene rings is 4. The molecule has 184 valence electrons. The van der Waals surface area contributed by atoms with Crippen LogP contribution < -0.4 is 5.32 Å². The molecule has 37 heavy (non-hydrogen) atoms. The summed E-state index contributed by atoms with van der Waals surface area (Å²) < 4.78 is 0. The van der Waals surface area contributed by atoms with Crippen LogP contribution in [0.2, 0.25) is 5.02 Å². The van der Waals surface area contributed by atoms with E-state index in [1.54, 1.807) is 17.0 Å². The van der Waals surface area contributed by atoms with E-state index >= 15 is 0 Å². The Balaban J connectivity index is 1.52. The second kappa shape index (κ2) is 11.5. The number of amides is 2. The first-order valence-electron chi connectivity index (χ1n) is 11.9. The van der Waals surface area contributed by atoms with E-state index in [1.165, 1.54) is 11.8 Å². The maximum atomic E-state index is 14.0. The van der Waals surface area contributed by atoms with Gasteiger partial charge < -0.3 is 5.32 Å². The molecule has 0 aliphatic carbocycles. The number of anilines is 1. The van der Waals surface area contributed by atoms with Crippen molar-refractivity contribution in [1.29, 1.82) is 0 Å². The van der Waals surface area contributed by atoms with E-state index in [-0.39, 0.29) is 18.2 Å². The lowest BCUT2D eigenvalue weighted by atomic mass is 9.97. The van der Waals surface area contributed by atoms with Gasteiger partial charge in [-0.25, -0.2) is 4.99 Å². The normalized spacial score (nSPS) is 16.4. The van der Waals surface area contributed by atoms with Gasteiger partial charge in [0.15, 0.2) is 5.17 Å². The van der Waals surface area contributed by atoms with Crippen LogP contribution in [0.15, 0.2) is 120 Å². The number of para-hydroxylation sites is 1. The number of hydrogen-bond donors (Lipinski definition) is 1. The fourth-order valence-electron chi connectivity index (χ4n) is 4.22. The second-order valence-corrected chi connectivity index (χ2v) is 10.1. The lowest BCUT2D eigenvalue weighted by molar-refractivity contribution is -0.129. The fourth-order valence-corrected chi connectivity index (χ4v) is 5.52. The van der Waals surface area contributed by atoms with Crippen molar-refractivity contribution in [2.75, 3.05) is 5.32 Å². The Morgan fingerprint density at radius 3 is 1.95 bits per heavy atom. The van der Waals surface area contributed by atoms with Gasteiger partial charge in [0, 0.05) is 17.1 Å². The van der Waals surface area contributed by atoms with Crippen molar-refractivity contribution in [2.45, 2.75) is 17.7 Å². The van der Waals surface area contributed by atoms with E-state index in [9.17, 15) is 9.59 Å². The molecule has 2 amide bonds. The van der Waals surface area contributed by atoms with Crippen LogP contribution in [0.4, 0.5) is 11.4 Å². The van der Waals surface area contributed by atoms with Crippen LogP contribution in [-0.2, 0) is 9.59 Å². The summed E-state index contributed by atoms with van der Waals surface area (Å²) in [5.41, 5.74) is 3.29. The van der Waals surface area contributed by atoms with Gasteiger partial charge in [0.05, 0.1) is 11.7 Å². The lowest BCUT2D eigenvalue weighted by Crippen LogP contribution is -2.37. The zero-order valence-corrected chi connectivity index (χ0v) is 21.4. The average molecular weight is 526 g/mol. The summed E-state index contributed by atoms with van der Waals surface area (Å²) in [7, 11) is 0. The van der Waals surface area contributed by atoms with E-state index < -0.39 is 11.3 Å². The first-order valence-corrected chi connectivity index (χ1v) is 13.1. The third-order valence-corrected chi connectivity index (χ3v) is 7.34. The van der Waals surface area contributed by atoms with E-state index in [1.807, 2.05) is 103 Å². The smallest absolute Gasteiger partial charge is 0.243 e. The number of amidine groups is 1. The molecule has 1 fully saturated rings. The van der Waals surface area contributed by atoms with Crippen LogP contribution in [-0.4, -0.2) is 27.1 Å². The Hall–Kier alpha value is -3.87. The molecular weight excluding hydrogens is 502 g/mol. The third kappa shape index (κ3) is 5.93. The minimum Gasteiger partial charge on any atom is -0.326 e. The highest BCUT2D eigenvalue weighted by Crippen LogP contribution is 2.40. The number of rotatable bonds is 7. The van der Waals surface area contributed by atoms with Gasteiger partial charge in [0.1, 0.15) is 5.25 Å². The van der Waals surface area contributed by atoms with Crippen molar-refractivity contribution in [3.05, 3.63) is 131 Å².